The highest BCUT2D eigenvalue weighted by atomic mass is 19.1. The lowest BCUT2D eigenvalue weighted by atomic mass is 10.2. The van der Waals surface area contributed by atoms with Crippen LogP contribution in [-0.2, 0) is 6.54 Å². The molecule has 0 saturated carbocycles. The summed E-state index contributed by atoms with van der Waals surface area (Å²) in [4.78, 5) is 5.15. The highest BCUT2D eigenvalue weighted by molar-refractivity contribution is 5.91. The Balaban J connectivity index is 2.64. The Bertz CT molecular complexity index is 394. The number of halogens is 1. The van der Waals surface area contributed by atoms with Crippen molar-refractivity contribution in [2.24, 2.45) is 16.5 Å². The third-order valence-corrected chi connectivity index (χ3v) is 1.93. The van der Waals surface area contributed by atoms with Gasteiger partial charge >= 0.3 is 0 Å². The van der Waals surface area contributed by atoms with E-state index in [1.807, 2.05) is 0 Å². The standard InChI is InChI=1S/C10H14FN5/c1-16(10(14)15-9(12)13)6-7-2-4-8(11)5-3-7/h2-5H,6H2,1H3,(H5,12,13,14,15). The minimum absolute atomic E-state index is 0.0377. The zero-order chi connectivity index (χ0) is 12.1. The smallest absolute Gasteiger partial charge is 0.221 e. The van der Waals surface area contributed by atoms with Crippen molar-refractivity contribution in [1.82, 2.24) is 4.90 Å². The van der Waals surface area contributed by atoms with Crippen molar-refractivity contribution in [1.29, 1.82) is 5.41 Å². The predicted molar refractivity (Wildman–Crippen MR) is 61.4 cm³/mol. The Labute approximate surface area is 93.1 Å². The highest BCUT2D eigenvalue weighted by Gasteiger charge is 2.04. The van der Waals surface area contributed by atoms with E-state index >= 15 is 0 Å². The van der Waals surface area contributed by atoms with Gasteiger partial charge in [-0.2, -0.15) is 4.99 Å². The maximum absolute atomic E-state index is 12.6. The van der Waals surface area contributed by atoms with E-state index < -0.39 is 0 Å². The number of nitrogens with zero attached hydrogens (tertiary/aromatic N) is 2. The second-order valence-corrected chi connectivity index (χ2v) is 3.34. The molecule has 0 atom stereocenters. The zero-order valence-corrected chi connectivity index (χ0v) is 8.94. The fourth-order valence-corrected chi connectivity index (χ4v) is 1.15. The lowest BCUT2D eigenvalue weighted by molar-refractivity contribution is 0.491. The summed E-state index contributed by atoms with van der Waals surface area (Å²) in [7, 11) is 1.68. The number of hydrogen-bond donors (Lipinski definition) is 3. The summed E-state index contributed by atoms with van der Waals surface area (Å²) in [6, 6.07) is 6.03. The molecule has 0 spiro atoms. The molecule has 5 nitrogen and oxygen atoms in total. The topological polar surface area (TPSA) is 91.5 Å². The normalized spacial score (nSPS) is 9.62. The summed E-state index contributed by atoms with van der Waals surface area (Å²) in [6.45, 7) is 0.440. The van der Waals surface area contributed by atoms with Crippen LogP contribution in [0.5, 0.6) is 0 Å². The molecule has 6 heteroatoms. The largest absolute Gasteiger partial charge is 0.370 e. The van der Waals surface area contributed by atoms with Crippen molar-refractivity contribution in [2.75, 3.05) is 7.05 Å². The summed E-state index contributed by atoms with van der Waals surface area (Å²) >= 11 is 0. The summed E-state index contributed by atoms with van der Waals surface area (Å²) in [5, 5.41) is 7.52. The number of aliphatic imine (C=N–C) groups is 1. The Morgan fingerprint density at radius 1 is 1.38 bits per heavy atom. The summed E-state index contributed by atoms with van der Waals surface area (Å²) < 4.78 is 12.6. The molecule has 0 bridgehead atoms. The first-order valence-corrected chi connectivity index (χ1v) is 4.63. The first kappa shape index (κ1) is 12.0. The Kier molecular flexibility index (Phi) is 3.82. The van der Waals surface area contributed by atoms with E-state index in [1.165, 1.54) is 12.1 Å². The zero-order valence-electron chi connectivity index (χ0n) is 8.94. The Morgan fingerprint density at radius 3 is 2.44 bits per heavy atom. The number of rotatable bonds is 2. The van der Waals surface area contributed by atoms with Crippen LogP contribution in [0.25, 0.3) is 0 Å². The lowest BCUT2D eigenvalue weighted by Crippen LogP contribution is -2.30. The van der Waals surface area contributed by atoms with Gasteiger partial charge in [0.25, 0.3) is 0 Å². The van der Waals surface area contributed by atoms with Gasteiger partial charge < -0.3 is 16.4 Å². The van der Waals surface area contributed by atoms with Crippen LogP contribution in [0.1, 0.15) is 5.56 Å². The van der Waals surface area contributed by atoms with Crippen LogP contribution in [0, 0.1) is 11.2 Å². The van der Waals surface area contributed by atoms with Gasteiger partial charge in [-0.15, -0.1) is 0 Å². The molecule has 0 aromatic heterocycles. The number of nitrogens with two attached hydrogens (primary N) is 2. The molecule has 5 N–H and O–H groups in total. The van der Waals surface area contributed by atoms with Gasteiger partial charge in [-0.05, 0) is 17.7 Å². The minimum atomic E-state index is -0.286. The van der Waals surface area contributed by atoms with E-state index in [0.717, 1.165) is 5.56 Å². The van der Waals surface area contributed by atoms with Crippen LogP contribution in [0.3, 0.4) is 0 Å². The predicted octanol–water partition coefficient (Wildman–Crippen LogP) is 0.466. The molecule has 1 aromatic carbocycles. The van der Waals surface area contributed by atoms with Gasteiger partial charge in [-0.1, -0.05) is 12.1 Å². The van der Waals surface area contributed by atoms with E-state index in [2.05, 4.69) is 4.99 Å². The molecule has 0 fully saturated rings. The van der Waals surface area contributed by atoms with Crippen LogP contribution in [0.4, 0.5) is 4.39 Å². The maximum atomic E-state index is 12.6. The van der Waals surface area contributed by atoms with E-state index in [0.29, 0.717) is 6.54 Å². The maximum Gasteiger partial charge on any atom is 0.221 e. The van der Waals surface area contributed by atoms with Gasteiger partial charge in [0.05, 0.1) is 0 Å². The molecule has 0 radical (unpaired) electrons. The first-order valence-electron chi connectivity index (χ1n) is 4.63. The third kappa shape index (κ3) is 3.56. The van der Waals surface area contributed by atoms with Crippen molar-refractivity contribution in [3.8, 4) is 0 Å². The van der Waals surface area contributed by atoms with Crippen molar-refractivity contribution < 1.29 is 4.39 Å². The van der Waals surface area contributed by atoms with Crippen LogP contribution in [0.2, 0.25) is 0 Å². The average molecular weight is 223 g/mol. The quantitative estimate of drug-likeness (QED) is 0.502. The monoisotopic (exact) mass is 223 g/mol. The molecule has 0 aliphatic heterocycles. The molecular weight excluding hydrogens is 209 g/mol. The second kappa shape index (κ2) is 5.11. The molecule has 1 rings (SSSR count). The van der Waals surface area contributed by atoms with E-state index in [4.69, 9.17) is 16.9 Å². The molecule has 0 amide bonds. The van der Waals surface area contributed by atoms with Crippen LogP contribution in [0.15, 0.2) is 29.3 Å². The third-order valence-electron chi connectivity index (χ3n) is 1.93. The Morgan fingerprint density at radius 2 is 1.94 bits per heavy atom. The number of guanidine groups is 2. The van der Waals surface area contributed by atoms with Gasteiger partial charge in [0.15, 0.2) is 5.96 Å². The van der Waals surface area contributed by atoms with Gasteiger partial charge in [0, 0.05) is 13.6 Å². The molecular formula is C10H14FN5. The lowest BCUT2D eigenvalue weighted by Gasteiger charge is -2.16. The highest BCUT2D eigenvalue weighted by Crippen LogP contribution is 2.05. The molecule has 0 saturated heterocycles. The number of hydrogen-bond acceptors (Lipinski definition) is 1. The summed E-state index contributed by atoms with van der Waals surface area (Å²) in [5.74, 6) is -0.481. The van der Waals surface area contributed by atoms with Crippen LogP contribution >= 0.6 is 0 Å². The molecule has 1 aromatic rings. The van der Waals surface area contributed by atoms with Gasteiger partial charge in [0.2, 0.25) is 5.96 Å². The summed E-state index contributed by atoms with van der Waals surface area (Å²) in [6.07, 6.45) is 0. The SMILES string of the molecule is CN(Cc1ccc(F)cc1)C(=N)N=C(N)N. The molecule has 86 valence electrons. The van der Waals surface area contributed by atoms with Crippen molar-refractivity contribution in [3.63, 3.8) is 0 Å². The molecule has 0 aliphatic rings. The second-order valence-electron chi connectivity index (χ2n) is 3.34. The number of nitrogens with one attached hydrogen (secondary N) is 1. The molecule has 0 aliphatic carbocycles. The van der Waals surface area contributed by atoms with E-state index in [9.17, 15) is 4.39 Å². The minimum Gasteiger partial charge on any atom is -0.370 e. The van der Waals surface area contributed by atoms with Crippen molar-refractivity contribution >= 4 is 11.9 Å². The van der Waals surface area contributed by atoms with Gasteiger partial charge in [-0.25, -0.2) is 4.39 Å². The molecule has 0 heterocycles. The van der Waals surface area contributed by atoms with Crippen LogP contribution in [-0.4, -0.2) is 23.9 Å². The van der Waals surface area contributed by atoms with Crippen LogP contribution < -0.4 is 11.5 Å². The molecule has 16 heavy (non-hydrogen) atoms. The van der Waals surface area contributed by atoms with E-state index in [-0.39, 0.29) is 17.7 Å². The molecule has 0 unspecified atom stereocenters. The summed E-state index contributed by atoms with van der Waals surface area (Å²) in [5.41, 5.74) is 11.2. The first-order chi connectivity index (χ1) is 7.49. The fourth-order valence-electron chi connectivity index (χ4n) is 1.15. The van der Waals surface area contributed by atoms with E-state index in [1.54, 1.807) is 24.1 Å². The van der Waals surface area contributed by atoms with Gasteiger partial charge in [0.1, 0.15) is 5.82 Å². The van der Waals surface area contributed by atoms with Crippen molar-refractivity contribution in [3.05, 3.63) is 35.6 Å². The number of benzene rings is 1. The Hall–Kier alpha value is -2.11. The van der Waals surface area contributed by atoms with Crippen molar-refractivity contribution in [2.45, 2.75) is 6.54 Å². The fraction of sp³-hybridized carbons (Fsp3) is 0.200. The average Bonchev–Trinajstić information content (AvgIpc) is 2.20. The van der Waals surface area contributed by atoms with Gasteiger partial charge in [-0.3, -0.25) is 5.41 Å².